The van der Waals surface area contributed by atoms with Gasteiger partial charge in [0.1, 0.15) is 0 Å². The topological polar surface area (TPSA) is 55.4 Å². The van der Waals surface area contributed by atoms with Crippen LogP contribution in [0, 0.1) is 5.92 Å². The highest BCUT2D eigenvalue weighted by atomic mass is 16.5. The van der Waals surface area contributed by atoms with Crippen LogP contribution in [-0.2, 0) is 16.0 Å². The van der Waals surface area contributed by atoms with Gasteiger partial charge < -0.3 is 10.1 Å². The highest BCUT2D eigenvalue weighted by molar-refractivity contribution is 5.94. The van der Waals surface area contributed by atoms with Gasteiger partial charge in [0.05, 0.1) is 13.0 Å². The summed E-state index contributed by atoms with van der Waals surface area (Å²) in [6.07, 6.45) is 1.15. The van der Waals surface area contributed by atoms with Crippen LogP contribution >= 0.6 is 0 Å². The maximum Gasteiger partial charge on any atom is 0.307 e. The first-order chi connectivity index (χ1) is 9.52. The summed E-state index contributed by atoms with van der Waals surface area (Å²) in [4.78, 5) is 23.2. The molecule has 0 heterocycles. The molecule has 0 radical (unpaired) electrons. The molecule has 0 fully saturated rings. The van der Waals surface area contributed by atoms with Gasteiger partial charge >= 0.3 is 5.97 Å². The zero-order valence-corrected chi connectivity index (χ0v) is 12.4. The minimum absolute atomic E-state index is 0.163. The first-order valence-electron chi connectivity index (χ1n) is 7.05. The number of nitrogens with one attached hydrogen (secondary N) is 1. The number of benzene rings is 1. The van der Waals surface area contributed by atoms with E-state index in [0.717, 1.165) is 6.42 Å². The molecule has 0 aliphatic rings. The molecule has 4 heteroatoms. The van der Waals surface area contributed by atoms with Crippen LogP contribution in [0.3, 0.4) is 0 Å². The van der Waals surface area contributed by atoms with Crippen molar-refractivity contribution in [1.82, 2.24) is 5.32 Å². The molecule has 1 aromatic rings. The number of esters is 1. The number of rotatable bonds is 7. The van der Waals surface area contributed by atoms with E-state index in [0.29, 0.717) is 24.6 Å². The van der Waals surface area contributed by atoms with Gasteiger partial charge in [0, 0.05) is 12.1 Å². The smallest absolute Gasteiger partial charge is 0.307 e. The van der Waals surface area contributed by atoms with Crippen molar-refractivity contribution in [2.75, 3.05) is 13.2 Å². The molecule has 20 heavy (non-hydrogen) atoms. The van der Waals surface area contributed by atoms with Gasteiger partial charge in [0.15, 0.2) is 0 Å². The second-order valence-electron chi connectivity index (χ2n) is 5.13. The molecule has 1 N–H and O–H groups in total. The van der Waals surface area contributed by atoms with E-state index in [1.807, 2.05) is 26.0 Å². The van der Waals surface area contributed by atoms with Crippen LogP contribution in [-0.4, -0.2) is 25.0 Å². The fourth-order valence-corrected chi connectivity index (χ4v) is 1.60. The molecule has 4 nitrogen and oxygen atoms in total. The van der Waals surface area contributed by atoms with E-state index in [2.05, 4.69) is 12.2 Å². The Morgan fingerprint density at radius 3 is 2.40 bits per heavy atom. The van der Waals surface area contributed by atoms with Crippen LogP contribution in [0.15, 0.2) is 24.3 Å². The predicted octanol–water partition coefficient (Wildman–Crippen LogP) is 2.57. The molecule has 0 spiro atoms. The van der Waals surface area contributed by atoms with Crippen molar-refractivity contribution in [3.8, 4) is 0 Å². The first kappa shape index (κ1) is 16.2. The van der Waals surface area contributed by atoms with Gasteiger partial charge in [-0.2, -0.15) is 0 Å². The lowest BCUT2D eigenvalue weighted by Crippen LogP contribution is -2.26. The van der Waals surface area contributed by atoms with Gasteiger partial charge in [-0.3, -0.25) is 9.59 Å². The van der Waals surface area contributed by atoms with E-state index >= 15 is 0 Å². The quantitative estimate of drug-likeness (QED) is 0.779. The SMILES string of the molecule is CCc1ccc(C(=O)NCCC(=O)OCC(C)C)cc1. The van der Waals surface area contributed by atoms with Gasteiger partial charge in [0.2, 0.25) is 0 Å². The van der Waals surface area contributed by atoms with Gasteiger partial charge in [-0.05, 0) is 30.0 Å². The molecule has 110 valence electrons. The summed E-state index contributed by atoms with van der Waals surface area (Å²) < 4.78 is 5.03. The van der Waals surface area contributed by atoms with Gasteiger partial charge in [-0.25, -0.2) is 0 Å². The Morgan fingerprint density at radius 1 is 1.20 bits per heavy atom. The maximum atomic E-state index is 11.8. The molecule has 0 aromatic heterocycles. The number of carbonyl (C=O) groups is 2. The van der Waals surface area contributed by atoms with Crippen LogP contribution in [0.25, 0.3) is 0 Å². The summed E-state index contributed by atoms with van der Waals surface area (Å²) in [5.74, 6) is -0.115. The van der Waals surface area contributed by atoms with Crippen molar-refractivity contribution in [3.63, 3.8) is 0 Å². The summed E-state index contributed by atoms with van der Waals surface area (Å²) >= 11 is 0. The first-order valence-corrected chi connectivity index (χ1v) is 7.05. The highest BCUT2D eigenvalue weighted by Crippen LogP contribution is 2.05. The lowest BCUT2D eigenvalue weighted by Gasteiger charge is -2.08. The molecule has 0 saturated carbocycles. The second-order valence-corrected chi connectivity index (χ2v) is 5.13. The number of amides is 1. The minimum Gasteiger partial charge on any atom is -0.465 e. The lowest BCUT2D eigenvalue weighted by molar-refractivity contribution is -0.144. The fourth-order valence-electron chi connectivity index (χ4n) is 1.60. The van der Waals surface area contributed by atoms with Crippen LogP contribution in [0.4, 0.5) is 0 Å². The summed E-state index contributed by atoms with van der Waals surface area (Å²) in [6.45, 7) is 6.75. The number of hydrogen-bond acceptors (Lipinski definition) is 3. The van der Waals surface area contributed by atoms with Crippen molar-refractivity contribution in [1.29, 1.82) is 0 Å². The van der Waals surface area contributed by atoms with Crippen LogP contribution in [0.5, 0.6) is 0 Å². The van der Waals surface area contributed by atoms with Gasteiger partial charge in [-0.1, -0.05) is 32.9 Å². The van der Waals surface area contributed by atoms with E-state index < -0.39 is 0 Å². The van der Waals surface area contributed by atoms with E-state index in [1.54, 1.807) is 12.1 Å². The molecule has 1 aromatic carbocycles. The van der Waals surface area contributed by atoms with Crippen molar-refractivity contribution in [2.45, 2.75) is 33.6 Å². The molecule has 0 aliphatic carbocycles. The molecule has 1 amide bonds. The monoisotopic (exact) mass is 277 g/mol. The summed E-state index contributed by atoms with van der Waals surface area (Å²) in [5, 5.41) is 2.72. The summed E-state index contributed by atoms with van der Waals surface area (Å²) in [7, 11) is 0. The Bertz CT molecular complexity index is 438. The van der Waals surface area contributed by atoms with Gasteiger partial charge in [0.25, 0.3) is 5.91 Å². The third kappa shape index (κ3) is 5.87. The zero-order valence-electron chi connectivity index (χ0n) is 12.4. The average molecular weight is 277 g/mol. The third-order valence-corrected chi connectivity index (χ3v) is 2.82. The zero-order chi connectivity index (χ0) is 15.0. The number of carbonyl (C=O) groups excluding carboxylic acids is 2. The predicted molar refractivity (Wildman–Crippen MR) is 78.6 cm³/mol. The van der Waals surface area contributed by atoms with Crippen molar-refractivity contribution in [2.24, 2.45) is 5.92 Å². The molecule has 0 bridgehead atoms. The molecule has 0 saturated heterocycles. The van der Waals surface area contributed by atoms with E-state index in [4.69, 9.17) is 4.74 Å². The molecular weight excluding hydrogens is 254 g/mol. The van der Waals surface area contributed by atoms with Crippen LogP contribution in [0.1, 0.15) is 43.1 Å². The lowest BCUT2D eigenvalue weighted by atomic mass is 10.1. The molecule has 0 unspecified atom stereocenters. The number of hydrogen-bond donors (Lipinski definition) is 1. The number of aryl methyl sites for hydroxylation is 1. The Morgan fingerprint density at radius 2 is 1.85 bits per heavy atom. The van der Waals surface area contributed by atoms with Crippen molar-refractivity contribution >= 4 is 11.9 Å². The molecule has 0 atom stereocenters. The molecule has 0 aliphatic heterocycles. The normalized spacial score (nSPS) is 10.4. The highest BCUT2D eigenvalue weighted by Gasteiger charge is 2.07. The van der Waals surface area contributed by atoms with E-state index in [1.165, 1.54) is 5.56 Å². The standard InChI is InChI=1S/C16H23NO3/c1-4-13-5-7-14(8-6-13)16(19)17-10-9-15(18)20-11-12(2)3/h5-8,12H,4,9-11H2,1-3H3,(H,17,19). The summed E-state index contributed by atoms with van der Waals surface area (Å²) in [5.41, 5.74) is 1.80. The Labute approximate surface area is 120 Å². The average Bonchev–Trinajstić information content (AvgIpc) is 2.45. The number of ether oxygens (including phenoxy) is 1. The maximum absolute atomic E-state index is 11.8. The minimum atomic E-state index is -0.277. The van der Waals surface area contributed by atoms with E-state index in [-0.39, 0.29) is 18.3 Å². The Kier molecular flexibility index (Phi) is 6.77. The Balaban J connectivity index is 2.30. The fraction of sp³-hybridized carbons (Fsp3) is 0.500. The van der Waals surface area contributed by atoms with Crippen LogP contribution < -0.4 is 5.32 Å². The molecular formula is C16H23NO3. The third-order valence-electron chi connectivity index (χ3n) is 2.82. The van der Waals surface area contributed by atoms with Crippen molar-refractivity contribution < 1.29 is 14.3 Å². The van der Waals surface area contributed by atoms with Crippen LogP contribution in [0.2, 0.25) is 0 Å². The largest absolute Gasteiger partial charge is 0.465 e. The van der Waals surface area contributed by atoms with Crippen molar-refractivity contribution in [3.05, 3.63) is 35.4 Å². The Hall–Kier alpha value is -1.84. The van der Waals surface area contributed by atoms with E-state index in [9.17, 15) is 9.59 Å². The summed E-state index contributed by atoms with van der Waals surface area (Å²) in [6, 6.07) is 7.47. The molecule has 1 rings (SSSR count). The van der Waals surface area contributed by atoms with Gasteiger partial charge in [-0.15, -0.1) is 0 Å². The second kappa shape index (κ2) is 8.35.